The lowest BCUT2D eigenvalue weighted by molar-refractivity contribution is -0.141. The van der Waals surface area contributed by atoms with Crippen LogP contribution in [0.1, 0.15) is 35.7 Å². The lowest BCUT2D eigenvalue weighted by Crippen LogP contribution is -2.37. The van der Waals surface area contributed by atoms with Crippen LogP contribution in [0.15, 0.2) is 65.6 Å². The van der Waals surface area contributed by atoms with Crippen LogP contribution in [0.25, 0.3) is 16.6 Å². The molecule has 0 fully saturated rings. The van der Waals surface area contributed by atoms with Gasteiger partial charge in [0.1, 0.15) is 5.82 Å². The molecule has 7 nitrogen and oxygen atoms in total. The number of benzene rings is 2. The Labute approximate surface area is 186 Å². The average Bonchev–Trinajstić information content (AvgIpc) is 3.28. The monoisotopic (exact) mass is 455 g/mol. The zero-order valence-corrected chi connectivity index (χ0v) is 17.8. The van der Waals surface area contributed by atoms with E-state index in [0.717, 1.165) is 10.7 Å². The summed E-state index contributed by atoms with van der Waals surface area (Å²) in [4.78, 5) is 34.2. The van der Waals surface area contributed by atoms with E-state index in [2.05, 4.69) is 15.1 Å². The second-order valence-corrected chi connectivity index (χ2v) is 7.75. The van der Waals surface area contributed by atoms with Crippen LogP contribution in [0.5, 0.6) is 0 Å². The maximum absolute atomic E-state index is 13.2. The molecule has 4 rings (SSSR count). The fourth-order valence-electron chi connectivity index (χ4n) is 3.40. The molecule has 0 aliphatic carbocycles. The highest BCUT2D eigenvalue weighted by atomic mass is 19.4. The van der Waals surface area contributed by atoms with Crippen molar-refractivity contribution in [1.29, 1.82) is 0 Å². The maximum atomic E-state index is 13.2. The number of H-pyrrole nitrogens is 1. The Morgan fingerprint density at radius 2 is 1.79 bits per heavy atom. The molecule has 0 aliphatic rings. The van der Waals surface area contributed by atoms with Crippen LogP contribution in [-0.4, -0.2) is 36.6 Å². The van der Waals surface area contributed by atoms with E-state index in [9.17, 15) is 22.8 Å². The number of hydrogen-bond donors (Lipinski definition) is 1. The predicted octanol–water partition coefficient (Wildman–Crippen LogP) is 4.18. The van der Waals surface area contributed by atoms with Crippen LogP contribution in [0.2, 0.25) is 0 Å². The standard InChI is InChI=1S/C23H20F3N5O2/c1-14(2)30(13-20-27-18-6-4-3-5-17(18)21(32)28-20)22(33)15-7-9-16(10-8-15)31-12-11-19(29-31)23(24,25)26/h3-12,14H,13H2,1-2H3,(H,27,28,32). The molecule has 170 valence electrons. The van der Waals surface area contributed by atoms with Crippen molar-refractivity contribution in [2.75, 3.05) is 0 Å². The Hall–Kier alpha value is -3.95. The predicted molar refractivity (Wildman–Crippen MR) is 116 cm³/mol. The SMILES string of the molecule is CC(C)N(Cc1nc2ccccc2c(=O)[nH]1)C(=O)c1ccc(-n2ccc(C(F)(F)F)n2)cc1. The van der Waals surface area contributed by atoms with Crippen molar-refractivity contribution in [3.8, 4) is 5.69 Å². The van der Waals surface area contributed by atoms with Gasteiger partial charge in [-0.25, -0.2) is 9.67 Å². The number of carbonyl (C=O) groups is 1. The van der Waals surface area contributed by atoms with E-state index < -0.39 is 11.9 Å². The smallest absolute Gasteiger partial charge is 0.329 e. The Balaban J connectivity index is 1.57. The van der Waals surface area contributed by atoms with Crippen molar-refractivity contribution in [3.05, 3.63) is 88.2 Å². The fraction of sp³-hybridized carbons (Fsp3) is 0.217. The second-order valence-electron chi connectivity index (χ2n) is 7.75. The number of carbonyl (C=O) groups excluding carboxylic acids is 1. The molecule has 0 atom stereocenters. The second kappa shape index (κ2) is 8.53. The highest BCUT2D eigenvalue weighted by Gasteiger charge is 2.33. The van der Waals surface area contributed by atoms with Crippen LogP contribution in [-0.2, 0) is 12.7 Å². The Bertz CT molecular complexity index is 1360. The number of nitrogens with zero attached hydrogens (tertiary/aromatic N) is 4. The van der Waals surface area contributed by atoms with Gasteiger partial charge in [0.25, 0.3) is 11.5 Å². The molecule has 33 heavy (non-hydrogen) atoms. The number of halogens is 3. The van der Waals surface area contributed by atoms with E-state index in [-0.39, 0.29) is 24.1 Å². The molecular formula is C23H20F3N5O2. The quantitative estimate of drug-likeness (QED) is 0.489. The zero-order valence-electron chi connectivity index (χ0n) is 17.8. The van der Waals surface area contributed by atoms with Crippen molar-refractivity contribution >= 4 is 16.8 Å². The van der Waals surface area contributed by atoms with Crippen molar-refractivity contribution in [1.82, 2.24) is 24.6 Å². The van der Waals surface area contributed by atoms with E-state index in [1.807, 2.05) is 13.8 Å². The normalized spacial score (nSPS) is 11.8. The minimum atomic E-state index is -4.53. The summed E-state index contributed by atoms with van der Waals surface area (Å²) in [6, 6.07) is 13.7. The highest BCUT2D eigenvalue weighted by Crippen LogP contribution is 2.28. The number of fused-ring (bicyclic) bond motifs is 1. The van der Waals surface area contributed by atoms with Crippen molar-refractivity contribution in [2.45, 2.75) is 32.6 Å². The molecule has 0 saturated carbocycles. The van der Waals surface area contributed by atoms with E-state index >= 15 is 0 Å². The first-order valence-corrected chi connectivity index (χ1v) is 10.2. The van der Waals surface area contributed by atoms with Crippen LogP contribution in [0.3, 0.4) is 0 Å². The van der Waals surface area contributed by atoms with Crippen molar-refractivity contribution in [2.24, 2.45) is 0 Å². The molecule has 4 aromatic rings. The summed E-state index contributed by atoms with van der Waals surface area (Å²) in [6.07, 6.45) is -3.32. The topological polar surface area (TPSA) is 83.9 Å². The van der Waals surface area contributed by atoms with Gasteiger partial charge in [-0.3, -0.25) is 9.59 Å². The van der Waals surface area contributed by atoms with Crippen LogP contribution in [0, 0.1) is 0 Å². The Morgan fingerprint density at radius 1 is 1.09 bits per heavy atom. The minimum Gasteiger partial charge on any atom is -0.329 e. The number of amides is 1. The van der Waals surface area contributed by atoms with Gasteiger partial charge in [-0.05, 0) is 56.3 Å². The summed E-state index contributed by atoms with van der Waals surface area (Å²) >= 11 is 0. The minimum absolute atomic E-state index is 0.0897. The third-order valence-electron chi connectivity index (χ3n) is 5.12. The highest BCUT2D eigenvalue weighted by molar-refractivity contribution is 5.94. The van der Waals surface area contributed by atoms with Gasteiger partial charge in [-0.15, -0.1) is 0 Å². The summed E-state index contributed by atoms with van der Waals surface area (Å²) in [5.41, 5.74) is -0.00858. The first kappa shape index (κ1) is 22.3. The largest absolute Gasteiger partial charge is 0.435 e. The van der Waals surface area contributed by atoms with Crippen LogP contribution in [0.4, 0.5) is 13.2 Å². The molecular weight excluding hydrogens is 435 g/mol. The molecule has 0 spiro atoms. The zero-order chi connectivity index (χ0) is 23.8. The van der Waals surface area contributed by atoms with Crippen LogP contribution < -0.4 is 5.56 Å². The molecule has 0 bridgehead atoms. The van der Waals surface area contributed by atoms with E-state index in [1.54, 1.807) is 29.2 Å². The lowest BCUT2D eigenvalue weighted by atomic mass is 10.1. The van der Waals surface area contributed by atoms with E-state index in [1.165, 1.54) is 30.5 Å². The number of para-hydroxylation sites is 1. The van der Waals surface area contributed by atoms with Gasteiger partial charge in [0.15, 0.2) is 5.69 Å². The van der Waals surface area contributed by atoms with Gasteiger partial charge in [-0.2, -0.15) is 18.3 Å². The van der Waals surface area contributed by atoms with Gasteiger partial charge in [0.2, 0.25) is 0 Å². The molecule has 2 heterocycles. The summed E-state index contributed by atoms with van der Waals surface area (Å²) in [7, 11) is 0. The Kier molecular flexibility index (Phi) is 5.75. The lowest BCUT2D eigenvalue weighted by Gasteiger charge is -2.26. The third kappa shape index (κ3) is 4.64. The molecule has 1 amide bonds. The molecule has 2 aromatic heterocycles. The van der Waals surface area contributed by atoms with Gasteiger partial charge in [0, 0.05) is 17.8 Å². The third-order valence-corrected chi connectivity index (χ3v) is 5.12. The number of rotatable bonds is 5. The van der Waals surface area contributed by atoms with Crippen LogP contribution >= 0.6 is 0 Å². The first-order valence-electron chi connectivity index (χ1n) is 10.2. The number of aromatic nitrogens is 4. The molecule has 0 aliphatic heterocycles. The van der Waals surface area contributed by atoms with E-state index in [4.69, 9.17) is 0 Å². The summed E-state index contributed by atoms with van der Waals surface area (Å²) < 4.78 is 39.5. The van der Waals surface area contributed by atoms with Gasteiger partial charge in [-0.1, -0.05) is 12.1 Å². The van der Waals surface area contributed by atoms with Gasteiger partial charge in [0.05, 0.1) is 23.1 Å². The number of nitrogens with one attached hydrogen (secondary N) is 1. The fourth-order valence-corrected chi connectivity index (χ4v) is 3.40. The summed E-state index contributed by atoms with van der Waals surface area (Å²) in [5.74, 6) is 0.0531. The maximum Gasteiger partial charge on any atom is 0.435 e. The molecule has 0 radical (unpaired) electrons. The summed E-state index contributed by atoms with van der Waals surface area (Å²) in [6.45, 7) is 3.77. The number of aromatic amines is 1. The average molecular weight is 455 g/mol. The van der Waals surface area contributed by atoms with Crippen molar-refractivity contribution < 1.29 is 18.0 Å². The molecule has 0 unspecified atom stereocenters. The van der Waals surface area contributed by atoms with Gasteiger partial charge >= 0.3 is 6.18 Å². The van der Waals surface area contributed by atoms with E-state index in [0.29, 0.717) is 28.0 Å². The number of alkyl halides is 3. The summed E-state index contributed by atoms with van der Waals surface area (Å²) in [5, 5.41) is 4.00. The molecule has 10 heteroatoms. The van der Waals surface area contributed by atoms with Crippen molar-refractivity contribution in [3.63, 3.8) is 0 Å². The first-order chi connectivity index (χ1) is 15.6. The molecule has 0 saturated heterocycles. The molecule has 2 aromatic carbocycles. The van der Waals surface area contributed by atoms with Gasteiger partial charge < -0.3 is 9.88 Å². The number of hydrogen-bond acceptors (Lipinski definition) is 4. The molecule has 1 N–H and O–H groups in total. The Morgan fingerprint density at radius 3 is 2.42 bits per heavy atom.